The van der Waals surface area contributed by atoms with Crippen LogP contribution in [0.4, 0.5) is 4.39 Å². The van der Waals surface area contributed by atoms with Crippen molar-refractivity contribution in [3.05, 3.63) is 78.1 Å². The lowest BCUT2D eigenvalue weighted by molar-refractivity contribution is -0.140. The molecule has 3 aromatic rings. The minimum absolute atomic E-state index is 0.0259. The van der Waals surface area contributed by atoms with Crippen LogP contribution < -0.4 is 5.32 Å². The second-order valence-electron chi connectivity index (χ2n) is 8.91. The van der Waals surface area contributed by atoms with Gasteiger partial charge in [0.2, 0.25) is 21.8 Å². The number of nitrogens with zero attached hydrogens (tertiary/aromatic N) is 2. The molecule has 0 radical (unpaired) electrons. The third kappa shape index (κ3) is 6.47. The van der Waals surface area contributed by atoms with Gasteiger partial charge in [-0.1, -0.05) is 49.4 Å². The molecule has 0 aliphatic rings. The van der Waals surface area contributed by atoms with E-state index in [9.17, 15) is 22.4 Å². The van der Waals surface area contributed by atoms with Crippen LogP contribution in [-0.4, -0.2) is 55.1 Å². The smallest absolute Gasteiger partial charge is 0.243 e. The summed E-state index contributed by atoms with van der Waals surface area (Å²) in [6.45, 7) is 4.96. The number of fused-ring (bicyclic) bond motifs is 1. The zero-order chi connectivity index (χ0) is 26.5. The predicted molar refractivity (Wildman–Crippen MR) is 138 cm³/mol. The Balaban J connectivity index is 1.84. The Morgan fingerprint density at radius 1 is 0.972 bits per heavy atom. The summed E-state index contributed by atoms with van der Waals surface area (Å²) in [6, 6.07) is 16.9. The fourth-order valence-corrected chi connectivity index (χ4v) is 4.86. The summed E-state index contributed by atoms with van der Waals surface area (Å²) in [5.41, 5.74) is 0.618. The van der Waals surface area contributed by atoms with Gasteiger partial charge in [0.1, 0.15) is 11.9 Å². The van der Waals surface area contributed by atoms with Gasteiger partial charge in [0.15, 0.2) is 0 Å². The number of carbonyl (C=O) groups excluding carboxylic acids is 2. The molecule has 3 aromatic carbocycles. The van der Waals surface area contributed by atoms with Gasteiger partial charge in [0.25, 0.3) is 0 Å². The van der Waals surface area contributed by atoms with Crippen molar-refractivity contribution in [3.63, 3.8) is 0 Å². The first kappa shape index (κ1) is 27.3. The largest absolute Gasteiger partial charge is 0.352 e. The molecule has 0 aromatic heterocycles. The van der Waals surface area contributed by atoms with E-state index < -0.39 is 34.3 Å². The zero-order valence-electron chi connectivity index (χ0n) is 20.9. The number of halogens is 1. The number of rotatable bonds is 10. The highest BCUT2D eigenvalue weighted by atomic mass is 32.2. The van der Waals surface area contributed by atoms with Gasteiger partial charge in [-0.3, -0.25) is 9.59 Å². The summed E-state index contributed by atoms with van der Waals surface area (Å²) >= 11 is 0. The first-order chi connectivity index (χ1) is 17.0. The van der Waals surface area contributed by atoms with Crippen LogP contribution in [0.2, 0.25) is 0 Å². The molecule has 1 N–H and O–H groups in total. The molecule has 0 aliphatic carbocycles. The van der Waals surface area contributed by atoms with Crippen LogP contribution in [0.1, 0.15) is 32.8 Å². The minimum atomic E-state index is -3.97. The van der Waals surface area contributed by atoms with E-state index in [-0.39, 0.29) is 23.4 Å². The Hall–Kier alpha value is -3.30. The number of hydrogen-bond acceptors (Lipinski definition) is 4. The molecule has 2 atom stereocenters. The molecule has 0 spiro atoms. The summed E-state index contributed by atoms with van der Waals surface area (Å²) in [6.07, 6.45) is 0.719. The molecular weight excluding hydrogens is 481 g/mol. The molecule has 0 unspecified atom stereocenters. The average molecular weight is 514 g/mol. The topological polar surface area (TPSA) is 86.8 Å². The highest BCUT2D eigenvalue weighted by Gasteiger charge is 2.30. The monoisotopic (exact) mass is 513 g/mol. The molecule has 0 bridgehead atoms. The molecule has 2 amide bonds. The van der Waals surface area contributed by atoms with Gasteiger partial charge in [-0.25, -0.2) is 12.8 Å². The molecule has 7 nitrogen and oxygen atoms in total. The molecule has 9 heteroatoms. The van der Waals surface area contributed by atoms with Crippen LogP contribution in [0.3, 0.4) is 0 Å². The number of nitrogens with one attached hydrogen (secondary N) is 1. The van der Waals surface area contributed by atoms with Gasteiger partial charge in [-0.05, 0) is 60.9 Å². The van der Waals surface area contributed by atoms with Crippen molar-refractivity contribution in [1.29, 1.82) is 0 Å². The van der Waals surface area contributed by atoms with E-state index >= 15 is 0 Å². The summed E-state index contributed by atoms with van der Waals surface area (Å²) in [4.78, 5) is 27.6. The first-order valence-corrected chi connectivity index (χ1v) is 13.3. The van der Waals surface area contributed by atoms with E-state index in [1.54, 1.807) is 19.1 Å². The van der Waals surface area contributed by atoms with Crippen molar-refractivity contribution in [2.75, 3.05) is 13.6 Å². The van der Waals surface area contributed by atoms with E-state index in [0.29, 0.717) is 5.56 Å². The van der Waals surface area contributed by atoms with Gasteiger partial charge in [-0.15, -0.1) is 0 Å². The second-order valence-corrected chi connectivity index (χ2v) is 11.0. The van der Waals surface area contributed by atoms with E-state index in [4.69, 9.17) is 0 Å². The summed E-state index contributed by atoms with van der Waals surface area (Å²) in [5, 5.41) is 4.54. The molecule has 0 saturated heterocycles. The van der Waals surface area contributed by atoms with Crippen molar-refractivity contribution >= 4 is 32.6 Å². The lowest BCUT2D eigenvalue weighted by Crippen LogP contribution is -2.51. The predicted octanol–water partition coefficient (Wildman–Crippen LogP) is 3.93. The van der Waals surface area contributed by atoms with Crippen LogP contribution in [0.25, 0.3) is 10.8 Å². The fraction of sp³-hybridized carbons (Fsp3) is 0.333. The molecule has 0 fully saturated rings. The van der Waals surface area contributed by atoms with Gasteiger partial charge < -0.3 is 10.2 Å². The van der Waals surface area contributed by atoms with Gasteiger partial charge in [0, 0.05) is 19.6 Å². The maximum Gasteiger partial charge on any atom is 0.243 e. The normalized spacial score (nSPS) is 13.4. The highest BCUT2D eigenvalue weighted by molar-refractivity contribution is 7.89. The SMILES string of the molecule is CC[C@@H](C)NC(=O)[C@H](C)N(Cc1ccc(F)cc1)C(=O)CN(C)S(=O)(=O)c1ccc2ccccc2c1. The maximum atomic E-state index is 13.4. The van der Waals surface area contributed by atoms with Crippen molar-refractivity contribution < 1.29 is 22.4 Å². The third-order valence-corrected chi connectivity index (χ3v) is 8.02. The van der Waals surface area contributed by atoms with Gasteiger partial charge >= 0.3 is 0 Å². The minimum Gasteiger partial charge on any atom is -0.352 e. The molecule has 0 saturated carbocycles. The van der Waals surface area contributed by atoms with Gasteiger partial charge in [-0.2, -0.15) is 4.31 Å². The number of amides is 2. The first-order valence-electron chi connectivity index (χ1n) is 11.8. The van der Waals surface area contributed by atoms with Crippen LogP contribution in [-0.2, 0) is 26.2 Å². The Kier molecular flexibility index (Phi) is 8.81. The van der Waals surface area contributed by atoms with Gasteiger partial charge in [0.05, 0.1) is 11.4 Å². The molecular formula is C27H32FN3O4S. The third-order valence-electron chi connectivity index (χ3n) is 6.22. The number of likely N-dealkylation sites (N-methyl/N-ethyl adjacent to an activating group) is 1. The van der Waals surface area contributed by atoms with Crippen LogP contribution in [0.15, 0.2) is 71.6 Å². The second kappa shape index (κ2) is 11.6. The van der Waals surface area contributed by atoms with Crippen molar-refractivity contribution in [2.45, 2.75) is 50.7 Å². The Bertz CT molecular complexity index is 1330. The zero-order valence-corrected chi connectivity index (χ0v) is 21.8. The summed E-state index contributed by atoms with van der Waals surface area (Å²) in [7, 11) is -2.64. The Morgan fingerprint density at radius 2 is 1.61 bits per heavy atom. The van der Waals surface area contributed by atoms with Crippen molar-refractivity contribution in [3.8, 4) is 0 Å². The van der Waals surface area contributed by atoms with Crippen LogP contribution >= 0.6 is 0 Å². The summed E-state index contributed by atoms with van der Waals surface area (Å²) < 4.78 is 40.9. The number of carbonyl (C=O) groups is 2. The lowest BCUT2D eigenvalue weighted by atomic mass is 10.1. The summed E-state index contributed by atoms with van der Waals surface area (Å²) in [5.74, 6) is -1.31. The van der Waals surface area contributed by atoms with Crippen LogP contribution in [0, 0.1) is 5.82 Å². The molecule has 0 aliphatic heterocycles. The van der Waals surface area contributed by atoms with E-state index in [2.05, 4.69) is 5.32 Å². The lowest BCUT2D eigenvalue weighted by Gasteiger charge is -2.31. The standard InChI is InChI=1S/C27H32FN3O4S/c1-5-19(2)29-27(33)20(3)31(17-21-10-13-24(28)14-11-21)26(32)18-30(4)36(34,35)25-15-12-22-8-6-7-9-23(22)16-25/h6-16,19-20H,5,17-18H2,1-4H3,(H,29,33)/t19-,20+/m1/s1. The van der Waals surface area contributed by atoms with E-state index in [0.717, 1.165) is 21.5 Å². The number of benzene rings is 3. The van der Waals surface area contributed by atoms with E-state index in [1.165, 1.54) is 42.3 Å². The number of sulfonamides is 1. The van der Waals surface area contributed by atoms with E-state index in [1.807, 2.05) is 38.1 Å². The quantitative estimate of drug-likeness (QED) is 0.445. The average Bonchev–Trinajstić information content (AvgIpc) is 2.87. The molecule has 192 valence electrons. The number of hydrogen-bond donors (Lipinski definition) is 1. The molecule has 36 heavy (non-hydrogen) atoms. The Morgan fingerprint density at radius 3 is 2.25 bits per heavy atom. The maximum absolute atomic E-state index is 13.4. The Labute approximate surface area is 212 Å². The van der Waals surface area contributed by atoms with Crippen LogP contribution in [0.5, 0.6) is 0 Å². The molecule has 3 rings (SSSR count). The molecule has 0 heterocycles. The highest BCUT2D eigenvalue weighted by Crippen LogP contribution is 2.22. The fourth-order valence-electron chi connectivity index (χ4n) is 3.71. The van der Waals surface area contributed by atoms with Crippen molar-refractivity contribution in [2.24, 2.45) is 0 Å². The van der Waals surface area contributed by atoms with Crippen molar-refractivity contribution in [1.82, 2.24) is 14.5 Å².